The van der Waals surface area contributed by atoms with Gasteiger partial charge in [-0.2, -0.15) is 0 Å². The number of rotatable bonds is 6. The van der Waals surface area contributed by atoms with Gasteiger partial charge in [-0.25, -0.2) is 13.6 Å². The Morgan fingerprint density at radius 2 is 1.68 bits per heavy atom. The molecule has 1 aliphatic rings. The standard InChI is InChI=1S/C25H20ClF2N3O3/c1-15-10-11-19(29-24(33)30-23(32)21-17(27)8-5-9-18(21)28)20(14-15)34-31-22(25(26)12-13-25)16-6-3-2-4-7-16/h2-11,14H,12-13H2,1H3,(H2,29,30,32,33)/b31-22-. The fourth-order valence-corrected chi connectivity index (χ4v) is 3.51. The maximum absolute atomic E-state index is 13.8. The number of nitrogens with zero attached hydrogens (tertiary/aromatic N) is 1. The van der Waals surface area contributed by atoms with Crippen molar-refractivity contribution >= 4 is 34.9 Å². The molecule has 0 unspecified atom stereocenters. The van der Waals surface area contributed by atoms with Crippen LogP contribution in [-0.4, -0.2) is 22.5 Å². The average Bonchev–Trinajstić information content (AvgIpc) is 3.54. The molecule has 3 amide bonds. The van der Waals surface area contributed by atoms with E-state index in [1.54, 1.807) is 18.2 Å². The van der Waals surface area contributed by atoms with Crippen molar-refractivity contribution in [3.8, 4) is 5.75 Å². The van der Waals surface area contributed by atoms with Gasteiger partial charge in [0.05, 0.1) is 10.6 Å². The number of oxime groups is 1. The molecule has 0 spiro atoms. The molecule has 1 fully saturated rings. The highest BCUT2D eigenvalue weighted by Gasteiger charge is 2.47. The number of carbonyl (C=O) groups is 2. The first kappa shape index (κ1) is 23.4. The minimum Gasteiger partial charge on any atom is -0.354 e. The number of nitrogens with one attached hydrogen (secondary N) is 2. The number of alkyl halides is 1. The van der Waals surface area contributed by atoms with Gasteiger partial charge in [0.15, 0.2) is 5.75 Å². The Hall–Kier alpha value is -3.78. The SMILES string of the molecule is Cc1ccc(NC(=O)NC(=O)c2c(F)cccc2F)c(O/N=C(/c2ccccc2)C2(Cl)CC2)c1. The van der Waals surface area contributed by atoms with Crippen LogP contribution in [0.15, 0.2) is 71.9 Å². The molecular formula is C25H20ClF2N3O3. The van der Waals surface area contributed by atoms with Gasteiger partial charge in [0.1, 0.15) is 22.9 Å². The van der Waals surface area contributed by atoms with Crippen LogP contribution in [0.3, 0.4) is 0 Å². The summed E-state index contributed by atoms with van der Waals surface area (Å²) in [6.07, 6.45) is 1.50. The molecule has 174 valence electrons. The van der Waals surface area contributed by atoms with Crippen LogP contribution < -0.4 is 15.5 Å². The predicted octanol–water partition coefficient (Wildman–Crippen LogP) is 5.79. The number of anilines is 1. The number of hydrogen-bond donors (Lipinski definition) is 2. The number of carbonyl (C=O) groups excluding carboxylic acids is 2. The van der Waals surface area contributed by atoms with Crippen molar-refractivity contribution in [2.24, 2.45) is 5.16 Å². The first-order valence-electron chi connectivity index (χ1n) is 10.4. The number of urea groups is 1. The molecule has 6 nitrogen and oxygen atoms in total. The van der Waals surface area contributed by atoms with Crippen LogP contribution >= 0.6 is 11.6 Å². The third-order valence-corrected chi connectivity index (χ3v) is 5.76. The average molecular weight is 484 g/mol. The smallest absolute Gasteiger partial charge is 0.326 e. The topological polar surface area (TPSA) is 79.8 Å². The van der Waals surface area contributed by atoms with Crippen LogP contribution in [0.5, 0.6) is 5.75 Å². The molecule has 3 aromatic rings. The number of benzene rings is 3. The maximum atomic E-state index is 13.8. The van der Waals surface area contributed by atoms with Crippen LogP contribution in [-0.2, 0) is 0 Å². The Bertz CT molecular complexity index is 1260. The summed E-state index contributed by atoms with van der Waals surface area (Å²) in [5, 5.41) is 8.65. The number of amides is 3. The van der Waals surface area contributed by atoms with E-state index in [0.717, 1.165) is 42.2 Å². The second kappa shape index (κ2) is 9.61. The number of halogens is 3. The number of imide groups is 1. The highest BCUT2D eigenvalue weighted by atomic mass is 35.5. The second-order valence-corrected chi connectivity index (χ2v) is 8.59. The number of hydrogen-bond acceptors (Lipinski definition) is 4. The first-order chi connectivity index (χ1) is 16.3. The quantitative estimate of drug-likeness (QED) is 0.264. The lowest BCUT2D eigenvalue weighted by Crippen LogP contribution is -2.35. The Morgan fingerprint density at radius 3 is 2.32 bits per heavy atom. The van der Waals surface area contributed by atoms with Crippen molar-refractivity contribution in [1.82, 2.24) is 5.32 Å². The van der Waals surface area contributed by atoms with Crippen molar-refractivity contribution < 1.29 is 23.2 Å². The van der Waals surface area contributed by atoms with Gasteiger partial charge in [0.25, 0.3) is 5.91 Å². The van der Waals surface area contributed by atoms with E-state index in [4.69, 9.17) is 16.4 Å². The van der Waals surface area contributed by atoms with Gasteiger partial charge in [-0.3, -0.25) is 10.1 Å². The first-order valence-corrected chi connectivity index (χ1v) is 10.8. The summed E-state index contributed by atoms with van der Waals surface area (Å²) in [6, 6.07) is 16.3. The molecule has 3 aromatic carbocycles. The molecule has 0 bridgehead atoms. The van der Waals surface area contributed by atoms with E-state index in [1.807, 2.05) is 42.6 Å². The van der Waals surface area contributed by atoms with E-state index in [-0.39, 0.29) is 11.4 Å². The van der Waals surface area contributed by atoms with E-state index in [1.165, 1.54) is 0 Å². The molecule has 0 aromatic heterocycles. The predicted molar refractivity (Wildman–Crippen MR) is 125 cm³/mol. The second-order valence-electron chi connectivity index (χ2n) is 7.87. The van der Waals surface area contributed by atoms with Gasteiger partial charge in [-0.15, -0.1) is 11.6 Å². The molecule has 2 N–H and O–H groups in total. The molecule has 4 rings (SSSR count). The molecule has 9 heteroatoms. The molecule has 1 aliphatic carbocycles. The fraction of sp³-hybridized carbons (Fsp3) is 0.160. The van der Waals surface area contributed by atoms with E-state index < -0.39 is 34.0 Å². The number of aryl methyl sites for hydroxylation is 1. The minimum atomic E-state index is -1.22. The molecular weight excluding hydrogens is 464 g/mol. The van der Waals surface area contributed by atoms with Crippen molar-refractivity contribution in [3.63, 3.8) is 0 Å². The van der Waals surface area contributed by atoms with Gasteiger partial charge in [-0.1, -0.05) is 47.6 Å². The van der Waals surface area contributed by atoms with Crippen LogP contribution in [0, 0.1) is 18.6 Å². The molecule has 0 aliphatic heterocycles. The van der Waals surface area contributed by atoms with Crippen LogP contribution in [0.25, 0.3) is 0 Å². The summed E-state index contributed by atoms with van der Waals surface area (Å²) in [5.74, 6) is -3.18. The van der Waals surface area contributed by atoms with E-state index in [0.29, 0.717) is 5.71 Å². The van der Waals surface area contributed by atoms with Gasteiger partial charge < -0.3 is 10.2 Å². The molecule has 0 heterocycles. The van der Waals surface area contributed by atoms with Gasteiger partial charge >= 0.3 is 6.03 Å². The lowest BCUT2D eigenvalue weighted by atomic mass is 10.1. The van der Waals surface area contributed by atoms with Gasteiger partial charge in [0, 0.05) is 5.56 Å². The van der Waals surface area contributed by atoms with Gasteiger partial charge in [-0.05, 0) is 49.6 Å². The third kappa shape index (κ3) is 5.23. The summed E-state index contributed by atoms with van der Waals surface area (Å²) < 4.78 is 27.7. The van der Waals surface area contributed by atoms with Crippen molar-refractivity contribution in [2.75, 3.05) is 5.32 Å². The summed E-state index contributed by atoms with van der Waals surface area (Å²) >= 11 is 6.62. The van der Waals surface area contributed by atoms with E-state index in [9.17, 15) is 18.4 Å². The van der Waals surface area contributed by atoms with Crippen molar-refractivity contribution in [2.45, 2.75) is 24.6 Å². The van der Waals surface area contributed by atoms with Crippen molar-refractivity contribution in [3.05, 3.63) is 95.1 Å². The van der Waals surface area contributed by atoms with Gasteiger partial charge in [0.2, 0.25) is 0 Å². The zero-order chi connectivity index (χ0) is 24.3. The lowest BCUT2D eigenvalue weighted by Gasteiger charge is -2.14. The fourth-order valence-electron chi connectivity index (χ4n) is 3.27. The molecule has 0 atom stereocenters. The summed E-state index contributed by atoms with van der Waals surface area (Å²) in [6.45, 7) is 1.83. The minimum absolute atomic E-state index is 0.195. The Labute approximate surface area is 199 Å². The molecule has 1 saturated carbocycles. The Kier molecular flexibility index (Phi) is 6.61. The zero-order valence-electron chi connectivity index (χ0n) is 18.1. The van der Waals surface area contributed by atoms with E-state index in [2.05, 4.69) is 10.5 Å². The van der Waals surface area contributed by atoms with Crippen molar-refractivity contribution in [1.29, 1.82) is 0 Å². The van der Waals surface area contributed by atoms with Crippen LogP contribution in [0.2, 0.25) is 0 Å². The third-order valence-electron chi connectivity index (χ3n) is 5.20. The molecule has 34 heavy (non-hydrogen) atoms. The van der Waals surface area contributed by atoms with Crippen LogP contribution in [0.4, 0.5) is 19.3 Å². The lowest BCUT2D eigenvalue weighted by molar-refractivity contribution is 0.0959. The molecule has 0 radical (unpaired) electrons. The summed E-state index contributed by atoms with van der Waals surface area (Å²) in [4.78, 5) is 29.6. The normalized spacial score (nSPS) is 14.3. The van der Waals surface area contributed by atoms with Crippen LogP contribution in [0.1, 0.15) is 34.3 Å². The monoisotopic (exact) mass is 483 g/mol. The highest BCUT2D eigenvalue weighted by molar-refractivity contribution is 6.41. The maximum Gasteiger partial charge on any atom is 0.326 e. The Morgan fingerprint density at radius 1 is 1.00 bits per heavy atom. The summed E-state index contributed by atoms with van der Waals surface area (Å²) in [7, 11) is 0. The molecule has 0 saturated heterocycles. The highest BCUT2D eigenvalue weighted by Crippen LogP contribution is 2.45. The van der Waals surface area contributed by atoms with E-state index >= 15 is 0 Å². The zero-order valence-corrected chi connectivity index (χ0v) is 18.8. The Balaban J connectivity index is 1.54. The summed E-state index contributed by atoms with van der Waals surface area (Å²) in [5.41, 5.74) is 1.55. The largest absolute Gasteiger partial charge is 0.354 e.